The number of amides is 1. The van der Waals surface area contributed by atoms with Crippen molar-refractivity contribution in [1.82, 2.24) is 10.3 Å². The van der Waals surface area contributed by atoms with E-state index in [0.29, 0.717) is 23.2 Å². The Morgan fingerprint density at radius 3 is 2.43 bits per heavy atom. The summed E-state index contributed by atoms with van der Waals surface area (Å²) < 4.78 is 10.5. The molecular formula is C17H19N3O3. The number of hydrogen-bond acceptors (Lipinski definition) is 5. The molecule has 0 atom stereocenters. The normalized spacial score (nSPS) is 13.3. The second-order valence-corrected chi connectivity index (χ2v) is 5.37. The molecule has 1 aromatic heterocycles. The molecule has 0 radical (unpaired) electrons. The van der Waals surface area contributed by atoms with Crippen molar-refractivity contribution in [2.75, 3.05) is 19.5 Å². The summed E-state index contributed by atoms with van der Waals surface area (Å²) in [7, 11) is 3.19. The van der Waals surface area contributed by atoms with E-state index in [1.165, 1.54) is 0 Å². The van der Waals surface area contributed by atoms with Gasteiger partial charge in [0.05, 0.1) is 26.1 Å². The predicted molar refractivity (Wildman–Crippen MR) is 87.6 cm³/mol. The maximum Gasteiger partial charge on any atom is 0.270 e. The van der Waals surface area contributed by atoms with E-state index in [-0.39, 0.29) is 5.91 Å². The molecular weight excluding hydrogens is 294 g/mol. The maximum atomic E-state index is 11.9. The van der Waals surface area contributed by atoms with Gasteiger partial charge in [-0.25, -0.2) is 4.98 Å². The van der Waals surface area contributed by atoms with Crippen LogP contribution in [0.2, 0.25) is 0 Å². The van der Waals surface area contributed by atoms with E-state index < -0.39 is 0 Å². The van der Waals surface area contributed by atoms with Crippen LogP contribution in [0, 0.1) is 0 Å². The van der Waals surface area contributed by atoms with Gasteiger partial charge in [-0.1, -0.05) is 0 Å². The molecule has 0 saturated heterocycles. The van der Waals surface area contributed by atoms with Crippen LogP contribution in [0.4, 0.5) is 11.4 Å². The Morgan fingerprint density at radius 2 is 1.83 bits per heavy atom. The number of nitrogens with one attached hydrogen (secondary N) is 2. The van der Waals surface area contributed by atoms with Gasteiger partial charge in [0.2, 0.25) is 0 Å². The van der Waals surface area contributed by atoms with Crippen LogP contribution in [-0.4, -0.2) is 31.2 Å². The Balaban J connectivity index is 1.69. The molecule has 0 bridgehead atoms. The number of carbonyl (C=O) groups excluding carboxylic acids is 1. The fourth-order valence-electron chi connectivity index (χ4n) is 2.17. The van der Waals surface area contributed by atoms with Gasteiger partial charge in [0.25, 0.3) is 5.91 Å². The number of ether oxygens (including phenoxy) is 2. The molecule has 1 heterocycles. The highest BCUT2D eigenvalue weighted by Crippen LogP contribution is 2.31. The molecule has 0 spiro atoms. The lowest BCUT2D eigenvalue weighted by Gasteiger charge is -2.11. The number of rotatable bonds is 6. The third-order valence-corrected chi connectivity index (χ3v) is 3.58. The van der Waals surface area contributed by atoms with E-state index in [0.717, 1.165) is 24.2 Å². The van der Waals surface area contributed by atoms with Crippen LogP contribution in [-0.2, 0) is 0 Å². The minimum absolute atomic E-state index is 0.120. The van der Waals surface area contributed by atoms with E-state index >= 15 is 0 Å². The smallest absolute Gasteiger partial charge is 0.270 e. The third kappa shape index (κ3) is 3.71. The van der Waals surface area contributed by atoms with Crippen molar-refractivity contribution >= 4 is 17.3 Å². The minimum atomic E-state index is -0.120. The zero-order valence-electron chi connectivity index (χ0n) is 13.1. The van der Waals surface area contributed by atoms with Gasteiger partial charge in [0.1, 0.15) is 5.69 Å². The number of benzene rings is 1. The van der Waals surface area contributed by atoms with Crippen molar-refractivity contribution in [2.45, 2.75) is 18.9 Å². The highest BCUT2D eigenvalue weighted by molar-refractivity contribution is 5.92. The van der Waals surface area contributed by atoms with Gasteiger partial charge in [-0.3, -0.25) is 4.79 Å². The highest BCUT2D eigenvalue weighted by Gasteiger charge is 2.24. The number of carbonyl (C=O) groups is 1. The number of pyridine rings is 1. The fraction of sp³-hybridized carbons (Fsp3) is 0.294. The van der Waals surface area contributed by atoms with Gasteiger partial charge < -0.3 is 20.1 Å². The largest absolute Gasteiger partial charge is 0.493 e. The molecule has 3 rings (SSSR count). The Hall–Kier alpha value is -2.76. The molecule has 120 valence electrons. The lowest BCUT2D eigenvalue weighted by Crippen LogP contribution is -2.26. The number of nitrogens with zero attached hydrogens (tertiary/aromatic N) is 1. The van der Waals surface area contributed by atoms with Crippen molar-refractivity contribution in [2.24, 2.45) is 0 Å². The van der Waals surface area contributed by atoms with Gasteiger partial charge in [-0.15, -0.1) is 0 Å². The third-order valence-electron chi connectivity index (χ3n) is 3.58. The zero-order chi connectivity index (χ0) is 16.2. The second kappa shape index (κ2) is 6.56. The molecule has 1 saturated carbocycles. The second-order valence-electron chi connectivity index (χ2n) is 5.37. The zero-order valence-corrected chi connectivity index (χ0v) is 13.1. The molecule has 23 heavy (non-hydrogen) atoms. The first kappa shape index (κ1) is 15.1. The van der Waals surface area contributed by atoms with Crippen LogP contribution in [0.3, 0.4) is 0 Å². The Morgan fingerprint density at radius 1 is 1.09 bits per heavy atom. The first-order chi connectivity index (χ1) is 11.2. The van der Waals surface area contributed by atoms with Crippen LogP contribution in [0.15, 0.2) is 36.5 Å². The fourth-order valence-corrected chi connectivity index (χ4v) is 2.17. The molecule has 0 unspecified atom stereocenters. The summed E-state index contributed by atoms with van der Waals surface area (Å²) in [6.45, 7) is 0. The van der Waals surface area contributed by atoms with Crippen molar-refractivity contribution in [3.05, 3.63) is 42.2 Å². The van der Waals surface area contributed by atoms with E-state index in [4.69, 9.17) is 9.47 Å². The van der Waals surface area contributed by atoms with Gasteiger partial charge in [0, 0.05) is 17.8 Å². The van der Waals surface area contributed by atoms with Gasteiger partial charge in [-0.05, 0) is 37.1 Å². The summed E-state index contributed by atoms with van der Waals surface area (Å²) in [5.41, 5.74) is 2.06. The van der Waals surface area contributed by atoms with Gasteiger partial charge >= 0.3 is 0 Å². The van der Waals surface area contributed by atoms with E-state index in [1.54, 1.807) is 26.5 Å². The Kier molecular flexibility index (Phi) is 4.32. The van der Waals surface area contributed by atoms with Crippen molar-refractivity contribution < 1.29 is 14.3 Å². The van der Waals surface area contributed by atoms with E-state index in [1.807, 2.05) is 24.3 Å². The SMILES string of the molecule is COc1ccc(Nc2ccc(C(=O)NC3CC3)nc2)cc1OC. The standard InChI is InChI=1S/C17H19N3O3/c1-22-15-8-6-12(9-16(15)23-2)19-13-5-7-14(18-10-13)17(21)20-11-3-4-11/h5-11,19H,3-4H2,1-2H3,(H,20,21). The number of methoxy groups -OCH3 is 2. The molecule has 1 fully saturated rings. The van der Waals surface area contributed by atoms with Crippen LogP contribution >= 0.6 is 0 Å². The van der Waals surface area contributed by atoms with Crippen molar-refractivity contribution in [3.8, 4) is 11.5 Å². The molecule has 1 aliphatic carbocycles. The average molecular weight is 313 g/mol. The van der Waals surface area contributed by atoms with Gasteiger partial charge in [0.15, 0.2) is 11.5 Å². The Labute approximate surface area is 134 Å². The predicted octanol–water partition coefficient (Wildman–Crippen LogP) is 2.73. The number of anilines is 2. The van der Waals surface area contributed by atoms with E-state index in [9.17, 15) is 4.79 Å². The lowest BCUT2D eigenvalue weighted by atomic mass is 10.2. The molecule has 2 aromatic rings. The Bertz CT molecular complexity index is 697. The monoisotopic (exact) mass is 313 g/mol. The number of hydrogen-bond donors (Lipinski definition) is 2. The number of aromatic nitrogens is 1. The molecule has 6 heteroatoms. The van der Waals surface area contributed by atoms with Crippen LogP contribution in [0.25, 0.3) is 0 Å². The molecule has 6 nitrogen and oxygen atoms in total. The summed E-state index contributed by atoms with van der Waals surface area (Å²) in [6.07, 6.45) is 3.76. The molecule has 1 amide bonds. The molecule has 1 aromatic carbocycles. The first-order valence-corrected chi connectivity index (χ1v) is 7.45. The summed E-state index contributed by atoms with van der Waals surface area (Å²) in [5.74, 6) is 1.19. The summed E-state index contributed by atoms with van der Waals surface area (Å²) in [6, 6.07) is 9.41. The van der Waals surface area contributed by atoms with Crippen molar-refractivity contribution in [1.29, 1.82) is 0 Å². The molecule has 1 aliphatic rings. The van der Waals surface area contributed by atoms with Crippen LogP contribution in [0.5, 0.6) is 11.5 Å². The van der Waals surface area contributed by atoms with Gasteiger partial charge in [-0.2, -0.15) is 0 Å². The lowest BCUT2D eigenvalue weighted by molar-refractivity contribution is 0.0946. The summed E-state index contributed by atoms with van der Waals surface area (Å²) in [5, 5.41) is 6.13. The molecule has 0 aliphatic heterocycles. The van der Waals surface area contributed by atoms with Crippen LogP contribution < -0.4 is 20.1 Å². The molecule has 2 N–H and O–H groups in total. The maximum absolute atomic E-state index is 11.9. The quantitative estimate of drug-likeness (QED) is 0.858. The highest BCUT2D eigenvalue weighted by atomic mass is 16.5. The van der Waals surface area contributed by atoms with Crippen LogP contribution in [0.1, 0.15) is 23.3 Å². The van der Waals surface area contributed by atoms with Crippen molar-refractivity contribution in [3.63, 3.8) is 0 Å². The minimum Gasteiger partial charge on any atom is -0.493 e. The average Bonchev–Trinajstić information content (AvgIpc) is 3.39. The summed E-state index contributed by atoms with van der Waals surface area (Å²) >= 11 is 0. The summed E-state index contributed by atoms with van der Waals surface area (Å²) in [4.78, 5) is 16.1. The first-order valence-electron chi connectivity index (χ1n) is 7.45. The topological polar surface area (TPSA) is 72.5 Å². The van der Waals surface area contributed by atoms with E-state index in [2.05, 4.69) is 15.6 Å².